The molecule has 1 saturated carbocycles. The number of nitro benzene ring substituents is 1. The first-order valence-corrected chi connectivity index (χ1v) is 9.26. The Bertz CT molecular complexity index is 1080. The highest BCUT2D eigenvalue weighted by atomic mass is 35.5. The number of rotatable bonds is 6. The van der Waals surface area contributed by atoms with Gasteiger partial charge in [-0.15, -0.1) is 0 Å². The number of anilines is 1. The second kappa shape index (κ2) is 7.44. The Morgan fingerprint density at radius 3 is 2.50 bits per heavy atom. The standard InChI is InChI=1S/C20H17ClN4O3/c21-19-18(12-22-24(20(19)26)16-7-2-1-3-8-16)23(15-10-11-15)13-14-6-4-5-9-17(14)25(27)28/h1-9,12,15H,10-11,13H2. The van der Waals surface area contributed by atoms with Crippen molar-refractivity contribution in [2.45, 2.75) is 25.4 Å². The molecule has 1 fully saturated rings. The molecule has 28 heavy (non-hydrogen) atoms. The summed E-state index contributed by atoms with van der Waals surface area (Å²) in [6, 6.07) is 15.8. The molecule has 7 nitrogen and oxygen atoms in total. The van der Waals surface area contributed by atoms with Crippen molar-refractivity contribution in [1.82, 2.24) is 9.78 Å². The fourth-order valence-electron chi connectivity index (χ4n) is 3.18. The maximum atomic E-state index is 12.8. The quantitative estimate of drug-likeness (QED) is 0.465. The van der Waals surface area contributed by atoms with E-state index in [0.717, 1.165) is 12.8 Å². The van der Waals surface area contributed by atoms with Crippen molar-refractivity contribution in [2.75, 3.05) is 4.90 Å². The van der Waals surface area contributed by atoms with Crippen LogP contribution in [-0.2, 0) is 6.54 Å². The molecule has 0 unspecified atom stereocenters. The van der Waals surface area contributed by atoms with E-state index in [1.54, 1.807) is 36.5 Å². The summed E-state index contributed by atoms with van der Waals surface area (Å²) in [5.74, 6) is 0. The Balaban J connectivity index is 1.73. The highest BCUT2D eigenvalue weighted by Crippen LogP contribution is 2.36. The van der Waals surface area contributed by atoms with Gasteiger partial charge < -0.3 is 4.90 Å². The lowest BCUT2D eigenvalue weighted by Crippen LogP contribution is -2.30. The van der Waals surface area contributed by atoms with Gasteiger partial charge in [0.1, 0.15) is 5.02 Å². The predicted octanol–water partition coefficient (Wildman–Crippen LogP) is 3.96. The minimum absolute atomic E-state index is 0.0508. The summed E-state index contributed by atoms with van der Waals surface area (Å²) in [4.78, 5) is 25.7. The molecule has 0 aliphatic heterocycles. The van der Waals surface area contributed by atoms with Crippen LogP contribution in [0.1, 0.15) is 18.4 Å². The predicted molar refractivity (Wildman–Crippen MR) is 107 cm³/mol. The molecule has 2 aromatic carbocycles. The zero-order valence-electron chi connectivity index (χ0n) is 14.9. The van der Waals surface area contributed by atoms with E-state index in [-0.39, 0.29) is 23.3 Å². The molecule has 0 saturated heterocycles. The molecular formula is C20H17ClN4O3. The van der Waals surface area contributed by atoms with Gasteiger partial charge in [0.25, 0.3) is 11.2 Å². The highest BCUT2D eigenvalue weighted by Gasteiger charge is 2.33. The first kappa shape index (κ1) is 18.2. The molecule has 142 valence electrons. The molecule has 1 aromatic heterocycles. The zero-order chi connectivity index (χ0) is 19.7. The number of hydrogen-bond donors (Lipinski definition) is 0. The minimum Gasteiger partial charge on any atom is -0.361 e. The largest absolute Gasteiger partial charge is 0.361 e. The third-order valence-electron chi connectivity index (χ3n) is 4.73. The zero-order valence-corrected chi connectivity index (χ0v) is 15.6. The number of nitrogens with zero attached hydrogens (tertiary/aromatic N) is 4. The van der Waals surface area contributed by atoms with Crippen LogP contribution < -0.4 is 10.5 Å². The lowest BCUT2D eigenvalue weighted by atomic mass is 10.1. The van der Waals surface area contributed by atoms with Crippen molar-refractivity contribution in [1.29, 1.82) is 0 Å². The first-order valence-electron chi connectivity index (χ1n) is 8.88. The number of hydrogen-bond acceptors (Lipinski definition) is 5. The highest BCUT2D eigenvalue weighted by molar-refractivity contribution is 6.33. The summed E-state index contributed by atoms with van der Waals surface area (Å²) in [6.45, 7) is 0.290. The van der Waals surface area contributed by atoms with Crippen LogP contribution in [0.15, 0.2) is 65.6 Å². The van der Waals surface area contributed by atoms with Gasteiger partial charge in [-0.2, -0.15) is 9.78 Å². The summed E-state index contributed by atoms with van der Waals surface area (Å²) in [5, 5.41) is 15.7. The van der Waals surface area contributed by atoms with E-state index in [0.29, 0.717) is 16.9 Å². The summed E-state index contributed by atoms with van der Waals surface area (Å²) in [7, 11) is 0. The molecule has 0 amide bonds. The average molecular weight is 397 g/mol. The molecule has 8 heteroatoms. The van der Waals surface area contributed by atoms with Gasteiger partial charge in [-0.05, 0) is 25.0 Å². The van der Waals surface area contributed by atoms with Crippen LogP contribution in [0.25, 0.3) is 5.69 Å². The Morgan fingerprint density at radius 1 is 1.14 bits per heavy atom. The molecule has 0 spiro atoms. The third-order valence-corrected chi connectivity index (χ3v) is 5.08. The third kappa shape index (κ3) is 3.48. The van der Waals surface area contributed by atoms with Crippen molar-refractivity contribution < 1.29 is 4.92 Å². The minimum atomic E-state index is -0.418. The number of nitro groups is 1. The molecule has 1 heterocycles. The number of halogens is 1. The maximum absolute atomic E-state index is 12.8. The fraction of sp³-hybridized carbons (Fsp3) is 0.200. The van der Waals surface area contributed by atoms with E-state index >= 15 is 0 Å². The van der Waals surface area contributed by atoms with Crippen molar-refractivity contribution in [3.63, 3.8) is 0 Å². The normalized spacial score (nSPS) is 13.3. The average Bonchev–Trinajstić information content (AvgIpc) is 3.54. The lowest BCUT2D eigenvalue weighted by Gasteiger charge is -2.25. The Morgan fingerprint density at radius 2 is 1.82 bits per heavy atom. The topological polar surface area (TPSA) is 81.3 Å². The SMILES string of the molecule is O=c1c(Cl)c(N(Cc2ccccc2[N+](=O)[O-])C2CC2)cnn1-c1ccccc1. The van der Waals surface area contributed by atoms with E-state index < -0.39 is 10.5 Å². The summed E-state index contributed by atoms with van der Waals surface area (Å²) in [5.41, 5.74) is 1.33. The second-order valence-electron chi connectivity index (χ2n) is 6.64. The molecule has 3 aromatic rings. The fourth-order valence-corrected chi connectivity index (χ4v) is 3.42. The monoisotopic (exact) mass is 396 g/mol. The molecule has 0 bridgehead atoms. The van der Waals surface area contributed by atoms with Crippen LogP contribution in [0, 0.1) is 10.1 Å². The molecule has 1 aliphatic rings. The molecule has 0 radical (unpaired) electrons. The van der Waals surface area contributed by atoms with Gasteiger partial charge >= 0.3 is 0 Å². The summed E-state index contributed by atoms with van der Waals surface area (Å²) >= 11 is 6.43. The van der Waals surface area contributed by atoms with Crippen molar-refractivity contribution in [2.24, 2.45) is 0 Å². The van der Waals surface area contributed by atoms with Crippen LogP contribution in [0.3, 0.4) is 0 Å². The van der Waals surface area contributed by atoms with E-state index in [9.17, 15) is 14.9 Å². The van der Waals surface area contributed by atoms with Gasteiger partial charge in [-0.3, -0.25) is 14.9 Å². The van der Waals surface area contributed by atoms with E-state index in [4.69, 9.17) is 11.6 Å². The van der Waals surface area contributed by atoms with Crippen LogP contribution >= 0.6 is 11.6 Å². The molecule has 0 N–H and O–H groups in total. The van der Waals surface area contributed by atoms with Gasteiger partial charge in [0, 0.05) is 17.7 Å². The summed E-state index contributed by atoms with van der Waals surface area (Å²) in [6.07, 6.45) is 3.45. The molecular weight excluding hydrogens is 380 g/mol. The Kier molecular flexibility index (Phi) is 4.83. The van der Waals surface area contributed by atoms with Crippen molar-refractivity contribution >= 4 is 23.0 Å². The van der Waals surface area contributed by atoms with E-state index in [1.807, 2.05) is 23.1 Å². The van der Waals surface area contributed by atoms with Crippen LogP contribution in [-0.4, -0.2) is 20.7 Å². The number of aromatic nitrogens is 2. The van der Waals surface area contributed by atoms with Gasteiger partial charge in [0.2, 0.25) is 0 Å². The maximum Gasteiger partial charge on any atom is 0.292 e. The smallest absolute Gasteiger partial charge is 0.292 e. The second-order valence-corrected chi connectivity index (χ2v) is 7.02. The number of benzene rings is 2. The van der Waals surface area contributed by atoms with Gasteiger partial charge in [-0.1, -0.05) is 48.0 Å². The van der Waals surface area contributed by atoms with Gasteiger partial charge in [0.05, 0.1) is 29.0 Å². The Labute approximate surface area is 165 Å². The van der Waals surface area contributed by atoms with E-state index in [1.165, 1.54) is 10.7 Å². The van der Waals surface area contributed by atoms with Crippen LogP contribution in [0.2, 0.25) is 5.02 Å². The van der Waals surface area contributed by atoms with Gasteiger partial charge in [0.15, 0.2) is 0 Å². The lowest BCUT2D eigenvalue weighted by molar-refractivity contribution is -0.385. The number of para-hydroxylation sites is 2. The van der Waals surface area contributed by atoms with Crippen molar-refractivity contribution in [3.05, 3.63) is 91.8 Å². The van der Waals surface area contributed by atoms with Crippen molar-refractivity contribution in [3.8, 4) is 5.69 Å². The van der Waals surface area contributed by atoms with Crippen LogP contribution in [0.4, 0.5) is 11.4 Å². The molecule has 0 atom stereocenters. The van der Waals surface area contributed by atoms with E-state index in [2.05, 4.69) is 5.10 Å². The first-order chi connectivity index (χ1) is 13.6. The molecule has 1 aliphatic carbocycles. The van der Waals surface area contributed by atoms with Crippen LogP contribution in [0.5, 0.6) is 0 Å². The molecule has 4 rings (SSSR count). The summed E-state index contributed by atoms with van der Waals surface area (Å²) < 4.78 is 1.25. The Hall–Kier alpha value is -3.19. The van der Waals surface area contributed by atoms with Gasteiger partial charge in [-0.25, -0.2) is 0 Å².